The molecule has 2 fully saturated rings. The van der Waals surface area contributed by atoms with Crippen molar-refractivity contribution in [1.29, 1.82) is 0 Å². The minimum absolute atomic E-state index is 0.0553. The van der Waals surface area contributed by atoms with Crippen LogP contribution in [0, 0.1) is 0 Å². The molecule has 0 aliphatic heterocycles. The average Bonchev–Trinajstić information content (AvgIpc) is 2.95. The molecule has 4 heteroatoms. The number of hydrogen-bond donors (Lipinski definition) is 2. The van der Waals surface area contributed by atoms with Gasteiger partial charge in [0.15, 0.2) is 0 Å². The van der Waals surface area contributed by atoms with Gasteiger partial charge in [-0.05, 0) is 38.9 Å². The van der Waals surface area contributed by atoms with Crippen LogP contribution in [0.3, 0.4) is 0 Å². The fourth-order valence-corrected chi connectivity index (χ4v) is 3.16. The van der Waals surface area contributed by atoms with E-state index in [2.05, 4.69) is 16.9 Å². The van der Waals surface area contributed by atoms with Crippen LogP contribution >= 0.6 is 11.8 Å². The molecule has 17 heavy (non-hydrogen) atoms. The van der Waals surface area contributed by atoms with Crippen molar-refractivity contribution in [1.82, 2.24) is 10.6 Å². The van der Waals surface area contributed by atoms with Gasteiger partial charge in [-0.25, -0.2) is 0 Å². The Balaban J connectivity index is 1.67. The molecule has 2 N–H and O–H groups in total. The van der Waals surface area contributed by atoms with Crippen LogP contribution in [0.25, 0.3) is 0 Å². The maximum atomic E-state index is 11.9. The molecule has 2 aliphatic rings. The zero-order valence-electron chi connectivity index (χ0n) is 10.9. The lowest BCUT2D eigenvalue weighted by Gasteiger charge is -2.20. The fraction of sp³-hybridized carbons (Fsp3) is 0.923. The van der Waals surface area contributed by atoms with Crippen LogP contribution in [0.1, 0.15) is 45.4 Å². The van der Waals surface area contributed by atoms with Crippen molar-refractivity contribution >= 4 is 17.7 Å². The first-order valence-electron chi connectivity index (χ1n) is 6.74. The quantitative estimate of drug-likeness (QED) is 0.763. The summed E-state index contributed by atoms with van der Waals surface area (Å²) in [5.41, 5.74) is 0. The van der Waals surface area contributed by atoms with E-state index in [1.54, 1.807) is 0 Å². The monoisotopic (exact) mass is 256 g/mol. The van der Waals surface area contributed by atoms with Crippen molar-refractivity contribution in [2.24, 2.45) is 0 Å². The largest absolute Gasteiger partial charge is 0.352 e. The van der Waals surface area contributed by atoms with E-state index >= 15 is 0 Å². The zero-order valence-corrected chi connectivity index (χ0v) is 11.7. The Morgan fingerprint density at radius 2 is 2.06 bits per heavy atom. The molecule has 0 aromatic heterocycles. The van der Waals surface area contributed by atoms with Gasteiger partial charge in [0, 0.05) is 17.3 Å². The Morgan fingerprint density at radius 1 is 1.41 bits per heavy atom. The van der Waals surface area contributed by atoms with Gasteiger partial charge in [-0.3, -0.25) is 4.79 Å². The third kappa shape index (κ3) is 3.62. The van der Waals surface area contributed by atoms with Crippen molar-refractivity contribution in [2.45, 2.75) is 62.3 Å². The predicted octanol–water partition coefficient (Wildman–Crippen LogP) is 1.92. The lowest BCUT2D eigenvalue weighted by molar-refractivity contribution is -0.123. The summed E-state index contributed by atoms with van der Waals surface area (Å²) in [5, 5.41) is 6.52. The molecule has 0 aromatic rings. The molecule has 0 aromatic carbocycles. The second kappa shape index (κ2) is 5.61. The second-order valence-electron chi connectivity index (χ2n) is 5.48. The van der Waals surface area contributed by atoms with Crippen molar-refractivity contribution < 1.29 is 4.79 Å². The van der Waals surface area contributed by atoms with Crippen LogP contribution in [0.4, 0.5) is 0 Å². The molecule has 2 saturated carbocycles. The Kier molecular flexibility index (Phi) is 4.36. The van der Waals surface area contributed by atoms with Crippen molar-refractivity contribution in [3.8, 4) is 0 Å². The summed E-state index contributed by atoms with van der Waals surface area (Å²) >= 11 is 1.93. The molecule has 3 nitrogen and oxygen atoms in total. The van der Waals surface area contributed by atoms with E-state index in [-0.39, 0.29) is 11.9 Å². The van der Waals surface area contributed by atoms with Gasteiger partial charge in [0.25, 0.3) is 0 Å². The summed E-state index contributed by atoms with van der Waals surface area (Å²) in [6.07, 6.45) is 9.60. The first-order valence-corrected chi connectivity index (χ1v) is 7.97. The van der Waals surface area contributed by atoms with E-state index in [4.69, 9.17) is 0 Å². The molecular formula is C13H24N2OS. The van der Waals surface area contributed by atoms with Crippen molar-refractivity contribution in [3.63, 3.8) is 0 Å². The Labute approximate surface area is 108 Å². The number of nitrogens with one attached hydrogen (secondary N) is 2. The van der Waals surface area contributed by atoms with Crippen LogP contribution in [0.2, 0.25) is 0 Å². The van der Waals surface area contributed by atoms with Gasteiger partial charge in [0.2, 0.25) is 5.91 Å². The highest BCUT2D eigenvalue weighted by molar-refractivity contribution is 8.00. The molecule has 0 radical (unpaired) electrons. The minimum atomic E-state index is -0.0553. The normalized spacial score (nSPS) is 24.6. The van der Waals surface area contributed by atoms with Gasteiger partial charge in [-0.1, -0.05) is 12.8 Å². The van der Waals surface area contributed by atoms with Crippen molar-refractivity contribution in [2.75, 3.05) is 12.8 Å². The van der Waals surface area contributed by atoms with E-state index in [0.29, 0.717) is 10.8 Å². The molecule has 1 amide bonds. The Bertz CT molecular complexity index is 273. The third-order valence-electron chi connectivity index (χ3n) is 4.07. The molecule has 0 bridgehead atoms. The van der Waals surface area contributed by atoms with Crippen LogP contribution in [-0.4, -0.2) is 35.5 Å². The van der Waals surface area contributed by atoms with Gasteiger partial charge in [-0.15, -0.1) is 0 Å². The van der Waals surface area contributed by atoms with E-state index in [9.17, 15) is 4.79 Å². The highest BCUT2D eigenvalue weighted by Crippen LogP contribution is 2.46. The SMILES string of the molecule is CSC1(CNC(C)C(=O)NC2CCCC2)CC1. The fourth-order valence-electron chi connectivity index (χ4n) is 2.42. The predicted molar refractivity (Wildman–Crippen MR) is 73.3 cm³/mol. The minimum Gasteiger partial charge on any atom is -0.352 e. The maximum absolute atomic E-state index is 11.9. The highest BCUT2D eigenvalue weighted by atomic mass is 32.2. The topological polar surface area (TPSA) is 41.1 Å². The van der Waals surface area contributed by atoms with Crippen molar-refractivity contribution in [3.05, 3.63) is 0 Å². The van der Waals surface area contributed by atoms with E-state index in [1.807, 2.05) is 18.7 Å². The molecule has 1 atom stereocenters. The number of carbonyl (C=O) groups excluding carboxylic acids is 1. The summed E-state index contributed by atoms with van der Waals surface area (Å²) in [6.45, 7) is 2.94. The van der Waals surface area contributed by atoms with Gasteiger partial charge in [-0.2, -0.15) is 11.8 Å². The van der Waals surface area contributed by atoms with E-state index in [0.717, 1.165) is 19.4 Å². The molecule has 0 saturated heterocycles. The molecule has 98 valence electrons. The summed E-state index contributed by atoms with van der Waals surface area (Å²) in [6, 6.07) is 0.377. The van der Waals surface area contributed by atoms with E-state index < -0.39 is 0 Å². The zero-order chi connectivity index (χ0) is 12.3. The van der Waals surface area contributed by atoms with E-state index in [1.165, 1.54) is 25.7 Å². The molecule has 0 heterocycles. The number of rotatable bonds is 6. The number of carbonyl (C=O) groups is 1. The highest BCUT2D eigenvalue weighted by Gasteiger charge is 2.41. The van der Waals surface area contributed by atoms with Gasteiger partial charge in [0.05, 0.1) is 6.04 Å². The van der Waals surface area contributed by atoms with Crippen LogP contribution in [-0.2, 0) is 4.79 Å². The summed E-state index contributed by atoms with van der Waals surface area (Å²) in [7, 11) is 0. The van der Waals surface area contributed by atoms with Crippen LogP contribution < -0.4 is 10.6 Å². The number of hydrogen-bond acceptors (Lipinski definition) is 3. The molecule has 1 unspecified atom stereocenters. The summed E-state index contributed by atoms with van der Waals surface area (Å²) in [5.74, 6) is 0.175. The standard InChI is InChI=1S/C13H24N2OS/c1-10(14-9-13(17-2)7-8-13)12(16)15-11-5-3-4-6-11/h10-11,14H,3-9H2,1-2H3,(H,15,16). The third-order valence-corrected chi connectivity index (χ3v) is 5.48. The molecule has 0 spiro atoms. The summed E-state index contributed by atoms with van der Waals surface area (Å²) in [4.78, 5) is 11.9. The average molecular weight is 256 g/mol. The van der Waals surface area contributed by atoms with Gasteiger partial charge >= 0.3 is 0 Å². The van der Waals surface area contributed by atoms with Gasteiger partial charge < -0.3 is 10.6 Å². The molecular weight excluding hydrogens is 232 g/mol. The smallest absolute Gasteiger partial charge is 0.237 e. The summed E-state index contributed by atoms with van der Waals surface area (Å²) < 4.78 is 0.432. The first kappa shape index (κ1) is 13.2. The maximum Gasteiger partial charge on any atom is 0.237 e. The van der Waals surface area contributed by atoms with Crippen LogP contribution in [0.15, 0.2) is 0 Å². The van der Waals surface area contributed by atoms with Crippen LogP contribution in [0.5, 0.6) is 0 Å². The number of thioether (sulfide) groups is 1. The number of amides is 1. The lowest BCUT2D eigenvalue weighted by atomic mass is 10.2. The lowest BCUT2D eigenvalue weighted by Crippen LogP contribution is -2.47. The second-order valence-corrected chi connectivity index (χ2v) is 6.75. The Hall–Kier alpha value is -0.220. The Morgan fingerprint density at radius 3 is 2.59 bits per heavy atom. The molecule has 2 aliphatic carbocycles. The molecule has 2 rings (SSSR count). The first-order chi connectivity index (χ1) is 8.15. The van der Waals surface area contributed by atoms with Gasteiger partial charge in [0.1, 0.15) is 0 Å².